The average molecular weight is 248 g/mol. The summed E-state index contributed by atoms with van der Waals surface area (Å²) in [5.74, 6) is -1.19. The van der Waals surface area contributed by atoms with Crippen molar-refractivity contribution in [1.82, 2.24) is 9.97 Å². The third-order valence-corrected chi connectivity index (χ3v) is 3.36. The normalized spacial score (nSPS) is 12.3. The lowest BCUT2D eigenvalue weighted by Gasteiger charge is -2.01. The molecule has 0 aliphatic rings. The smallest absolute Gasteiger partial charge is 0.306 e. The maximum absolute atomic E-state index is 10.7. The number of carbonyl (C=O) groups is 1. The molecule has 2 aromatic heterocycles. The highest BCUT2D eigenvalue weighted by Crippen LogP contribution is 2.23. The molecule has 17 heavy (non-hydrogen) atoms. The van der Waals surface area contributed by atoms with Crippen molar-refractivity contribution in [2.45, 2.75) is 13.3 Å². The number of rotatable bonds is 4. The topological polar surface area (TPSA) is 63.1 Å². The summed E-state index contributed by atoms with van der Waals surface area (Å²) >= 11 is 1.52. The van der Waals surface area contributed by atoms with Gasteiger partial charge >= 0.3 is 5.97 Å². The van der Waals surface area contributed by atoms with Crippen LogP contribution in [-0.4, -0.2) is 21.0 Å². The summed E-state index contributed by atoms with van der Waals surface area (Å²) in [6, 6.07) is 3.78. The van der Waals surface area contributed by atoms with Crippen molar-refractivity contribution >= 4 is 17.3 Å². The van der Waals surface area contributed by atoms with Crippen LogP contribution < -0.4 is 0 Å². The molecule has 1 unspecified atom stereocenters. The quantitative estimate of drug-likeness (QED) is 0.902. The van der Waals surface area contributed by atoms with E-state index in [4.69, 9.17) is 5.11 Å². The minimum atomic E-state index is -0.788. The average Bonchev–Trinajstić information content (AvgIpc) is 2.78. The lowest BCUT2D eigenvalue weighted by Crippen LogP contribution is -2.12. The van der Waals surface area contributed by atoms with Gasteiger partial charge in [0.25, 0.3) is 0 Å². The summed E-state index contributed by atoms with van der Waals surface area (Å²) in [5.41, 5.74) is 1.84. The predicted molar refractivity (Wildman–Crippen MR) is 65.8 cm³/mol. The molecular weight excluding hydrogens is 236 g/mol. The summed E-state index contributed by atoms with van der Waals surface area (Å²) < 4.78 is 0. The molecule has 0 amide bonds. The second-order valence-electron chi connectivity index (χ2n) is 3.82. The minimum Gasteiger partial charge on any atom is -0.481 e. The van der Waals surface area contributed by atoms with Crippen LogP contribution in [-0.2, 0) is 11.2 Å². The molecule has 2 heterocycles. The third-order valence-electron chi connectivity index (χ3n) is 2.42. The van der Waals surface area contributed by atoms with Gasteiger partial charge in [-0.1, -0.05) is 6.92 Å². The van der Waals surface area contributed by atoms with Gasteiger partial charge in [0.2, 0.25) is 0 Å². The Labute approximate surface area is 103 Å². The van der Waals surface area contributed by atoms with E-state index in [1.807, 2.05) is 17.5 Å². The fourth-order valence-corrected chi connectivity index (χ4v) is 2.27. The second-order valence-corrected chi connectivity index (χ2v) is 4.68. The van der Waals surface area contributed by atoms with E-state index in [9.17, 15) is 4.79 Å². The number of thiazole rings is 1. The Balaban J connectivity index is 2.14. The maximum Gasteiger partial charge on any atom is 0.306 e. The zero-order valence-corrected chi connectivity index (χ0v) is 10.1. The van der Waals surface area contributed by atoms with E-state index in [2.05, 4.69) is 9.97 Å². The van der Waals surface area contributed by atoms with Crippen LogP contribution in [0.1, 0.15) is 12.6 Å². The molecule has 0 aliphatic carbocycles. The summed E-state index contributed by atoms with van der Waals surface area (Å²) in [4.78, 5) is 19.1. The monoisotopic (exact) mass is 248 g/mol. The third kappa shape index (κ3) is 2.88. The first kappa shape index (κ1) is 11.7. The van der Waals surface area contributed by atoms with Gasteiger partial charge in [0.15, 0.2) is 0 Å². The van der Waals surface area contributed by atoms with Crippen LogP contribution in [0, 0.1) is 5.92 Å². The first-order chi connectivity index (χ1) is 8.16. The highest BCUT2D eigenvalue weighted by molar-refractivity contribution is 7.13. The number of aliphatic carboxylic acids is 1. The molecule has 2 aromatic rings. The van der Waals surface area contributed by atoms with Crippen LogP contribution in [0.2, 0.25) is 0 Å². The van der Waals surface area contributed by atoms with Gasteiger partial charge in [-0.05, 0) is 12.1 Å². The largest absolute Gasteiger partial charge is 0.481 e. The van der Waals surface area contributed by atoms with Crippen LogP contribution in [0.4, 0.5) is 0 Å². The van der Waals surface area contributed by atoms with Crippen LogP contribution in [0.5, 0.6) is 0 Å². The van der Waals surface area contributed by atoms with Gasteiger partial charge in [-0.15, -0.1) is 11.3 Å². The molecule has 0 fully saturated rings. The van der Waals surface area contributed by atoms with E-state index < -0.39 is 11.9 Å². The molecule has 1 atom stereocenters. The summed E-state index contributed by atoms with van der Waals surface area (Å²) in [6.07, 6.45) is 3.91. The van der Waals surface area contributed by atoms with Gasteiger partial charge in [-0.3, -0.25) is 9.78 Å². The number of pyridine rings is 1. The molecule has 1 N–H and O–H groups in total. The summed E-state index contributed by atoms with van der Waals surface area (Å²) in [5, 5.41) is 11.6. The first-order valence-corrected chi connectivity index (χ1v) is 6.12. The van der Waals surface area contributed by atoms with Gasteiger partial charge in [0.1, 0.15) is 5.01 Å². The molecule has 0 saturated heterocycles. The van der Waals surface area contributed by atoms with Crippen molar-refractivity contribution in [2.24, 2.45) is 5.92 Å². The molecule has 5 heteroatoms. The Morgan fingerprint density at radius 2 is 2.18 bits per heavy atom. The molecule has 2 rings (SSSR count). The lowest BCUT2D eigenvalue weighted by molar-refractivity contribution is -0.141. The second kappa shape index (κ2) is 5.05. The minimum absolute atomic E-state index is 0.401. The molecule has 0 spiro atoms. The Morgan fingerprint density at radius 3 is 2.82 bits per heavy atom. The molecule has 0 aliphatic heterocycles. The van der Waals surface area contributed by atoms with Crippen LogP contribution in [0.15, 0.2) is 29.9 Å². The van der Waals surface area contributed by atoms with E-state index >= 15 is 0 Å². The van der Waals surface area contributed by atoms with Crippen molar-refractivity contribution in [2.75, 3.05) is 0 Å². The van der Waals surface area contributed by atoms with Gasteiger partial charge in [-0.25, -0.2) is 4.98 Å². The summed E-state index contributed by atoms with van der Waals surface area (Å²) in [6.45, 7) is 1.69. The Bertz CT molecular complexity index is 510. The van der Waals surface area contributed by atoms with Gasteiger partial charge in [0, 0.05) is 29.8 Å². The van der Waals surface area contributed by atoms with Crippen molar-refractivity contribution in [3.63, 3.8) is 0 Å². The van der Waals surface area contributed by atoms with Gasteiger partial charge in [0.05, 0.1) is 11.6 Å². The summed E-state index contributed by atoms with van der Waals surface area (Å²) in [7, 11) is 0. The van der Waals surface area contributed by atoms with Crippen LogP contribution >= 0.6 is 11.3 Å². The lowest BCUT2D eigenvalue weighted by atomic mass is 10.1. The number of hydrogen-bond acceptors (Lipinski definition) is 4. The Kier molecular flexibility index (Phi) is 3.49. The van der Waals surface area contributed by atoms with Crippen molar-refractivity contribution in [1.29, 1.82) is 0 Å². The highest BCUT2D eigenvalue weighted by atomic mass is 32.1. The highest BCUT2D eigenvalue weighted by Gasteiger charge is 2.14. The number of nitrogens with zero attached hydrogens (tertiary/aromatic N) is 2. The standard InChI is InChI=1S/C12H12N2O2S/c1-8(12(15)16)6-10-7-17-11(14-10)9-2-4-13-5-3-9/h2-5,7-8H,6H2,1H3,(H,15,16). The molecule has 4 nitrogen and oxygen atoms in total. The SMILES string of the molecule is CC(Cc1csc(-c2ccncc2)n1)C(=O)O. The number of carboxylic acid groups (broad SMARTS) is 1. The van der Waals surface area contributed by atoms with Crippen molar-refractivity contribution < 1.29 is 9.90 Å². The maximum atomic E-state index is 10.7. The van der Waals surface area contributed by atoms with E-state index in [0.29, 0.717) is 6.42 Å². The molecule has 0 bridgehead atoms. The molecule has 0 saturated carbocycles. The number of carboxylic acids is 1. The first-order valence-electron chi connectivity index (χ1n) is 5.24. The van der Waals surface area contributed by atoms with Crippen LogP contribution in [0.25, 0.3) is 10.6 Å². The van der Waals surface area contributed by atoms with E-state index in [0.717, 1.165) is 16.3 Å². The molecular formula is C12H12N2O2S. The zero-order valence-electron chi connectivity index (χ0n) is 9.33. The number of aromatic nitrogens is 2. The van der Waals surface area contributed by atoms with Gasteiger partial charge in [-0.2, -0.15) is 0 Å². The van der Waals surface area contributed by atoms with E-state index in [1.54, 1.807) is 19.3 Å². The van der Waals surface area contributed by atoms with E-state index in [-0.39, 0.29) is 0 Å². The zero-order chi connectivity index (χ0) is 12.3. The van der Waals surface area contributed by atoms with Crippen LogP contribution in [0.3, 0.4) is 0 Å². The number of hydrogen-bond donors (Lipinski definition) is 1. The molecule has 0 radical (unpaired) electrons. The van der Waals surface area contributed by atoms with E-state index in [1.165, 1.54) is 11.3 Å². The van der Waals surface area contributed by atoms with Crippen molar-refractivity contribution in [3.8, 4) is 10.6 Å². The van der Waals surface area contributed by atoms with Crippen molar-refractivity contribution in [3.05, 3.63) is 35.6 Å². The fraction of sp³-hybridized carbons (Fsp3) is 0.250. The Morgan fingerprint density at radius 1 is 1.47 bits per heavy atom. The molecule has 0 aromatic carbocycles. The van der Waals surface area contributed by atoms with Gasteiger partial charge < -0.3 is 5.11 Å². The fourth-order valence-electron chi connectivity index (χ4n) is 1.43. The molecule has 88 valence electrons. The predicted octanol–water partition coefficient (Wildman–Crippen LogP) is 2.47. The Hall–Kier alpha value is -1.75.